The summed E-state index contributed by atoms with van der Waals surface area (Å²) in [4.78, 5) is 14.1. The molecule has 3 aromatic heterocycles. The van der Waals surface area contributed by atoms with Crippen molar-refractivity contribution in [3.63, 3.8) is 0 Å². The van der Waals surface area contributed by atoms with Gasteiger partial charge < -0.3 is 9.13 Å². The Labute approximate surface area is 335 Å². The average molecular weight is 740 g/mol. The van der Waals surface area contributed by atoms with Crippen LogP contribution in [-0.2, 0) is 0 Å². The molecule has 0 aliphatic heterocycles. The van der Waals surface area contributed by atoms with Crippen molar-refractivity contribution in [1.82, 2.24) is 19.1 Å². The number of aromatic nitrogens is 4. The number of hydrogen-bond donors (Lipinski definition) is 0. The molecule has 58 heavy (non-hydrogen) atoms. The predicted octanol–water partition coefficient (Wildman–Crippen LogP) is 13.9. The highest BCUT2D eigenvalue weighted by molar-refractivity contribution is 6.12. The summed E-state index contributed by atoms with van der Waals surface area (Å²) < 4.78 is 4.60. The summed E-state index contributed by atoms with van der Waals surface area (Å²) in [6, 6.07) is 69.4. The Morgan fingerprint density at radius 3 is 1.47 bits per heavy atom. The zero-order valence-electron chi connectivity index (χ0n) is 31.3. The van der Waals surface area contributed by atoms with Gasteiger partial charge in [-0.2, -0.15) is 0 Å². The van der Waals surface area contributed by atoms with E-state index in [1.54, 1.807) is 0 Å². The SMILES string of the molecule is [C-]#[N+]c1cc(-c2ccc(-c3cc(-c4ccccc4)nc(-c4ccccc4)n3)cc2)ccc1-n1c2ccccc2c2cc(-n3c4ccccc4c4ccccc43)ccc21. The molecule has 0 fully saturated rings. The Morgan fingerprint density at radius 2 is 0.845 bits per heavy atom. The molecule has 0 aliphatic carbocycles. The molecule has 0 saturated carbocycles. The number of benzene rings is 8. The van der Waals surface area contributed by atoms with Gasteiger partial charge >= 0.3 is 0 Å². The lowest BCUT2D eigenvalue weighted by Gasteiger charge is -2.13. The second kappa shape index (κ2) is 13.6. The van der Waals surface area contributed by atoms with E-state index in [1.165, 1.54) is 21.8 Å². The van der Waals surface area contributed by atoms with Crippen LogP contribution in [0.15, 0.2) is 200 Å². The molecule has 0 saturated heterocycles. The Bertz CT molecular complexity index is 3280. The van der Waals surface area contributed by atoms with E-state index in [0.29, 0.717) is 11.5 Å². The van der Waals surface area contributed by atoms with E-state index in [1.807, 2.05) is 54.6 Å². The van der Waals surface area contributed by atoms with Gasteiger partial charge in [-0.3, -0.25) is 0 Å². The first-order valence-corrected chi connectivity index (χ1v) is 19.4. The normalized spacial score (nSPS) is 11.4. The van der Waals surface area contributed by atoms with Crippen LogP contribution in [0.25, 0.3) is 105 Å². The van der Waals surface area contributed by atoms with Crippen LogP contribution >= 0.6 is 0 Å². The lowest BCUT2D eigenvalue weighted by atomic mass is 10.0. The van der Waals surface area contributed by atoms with Crippen LogP contribution in [0.2, 0.25) is 0 Å². The molecule has 3 heterocycles. The fourth-order valence-corrected chi connectivity index (χ4v) is 8.44. The molecular formula is C53H33N5. The minimum Gasteiger partial charge on any atom is -0.319 e. The quantitative estimate of drug-likeness (QED) is 0.159. The largest absolute Gasteiger partial charge is 0.319 e. The van der Waals surface area contributed by atoms with Crippen molar-refractivity contribution in [2.45, 2.75) is 0 Å². The second-order valence-electron chi connectivity index (χ2n) is 14.5. The van der Waals surface area contributed by atoms with E-state index in [-0.39, 0.29) is 0 Å². The molecule has 5 nitrogen and oxygen atoms in total. The van der Waals surface area contributed by atoms with Gasteiger partial charge in [0.25, 0.3) is 0 Å². The van der Waals surface area contributed by atoms with Crippen LogP contribution in [-0.4, -0.2) is 19.1 Å². The van der Waals surface area contributed by atoms with Gasteiger partial charge in [-0.15, -0.1) is 0 Å². The van der Waals surface area contributed by atoms with Gasteiger partial charge in [0.2, 0.25) is 5.69 Å². The van der Waals surface area contributed by atoms with E-state index in [2.05, 4.69) is 160 Å². The third-order valence-corrected chi connectivity index (χ3v) is 11.2. The lowest BCUT2D eigenvalue weighted by Crippen LogP contribution is -1.96. The number of para-hydroxylation sites is 3. The summed E-state index contributed by atoms with van der Waals surface area (Å²) in [6.45, 7) is 8.37. The molecule has 0 radical (unpaired) electrons. The average Bonchev–Trinajstić information content (AvgIpc) is 3.82. The summed E-state index contributed by atoms with van der Waals surface area (Å²) in [6.07, 6.45) is 0. The number of hydrogen-bond acceptors (Lipinski definition) is 2. The molecule has 0 unspecified atom stereocenters. The van der Waals surface area contributed by atoms with Crippen molar-refractivity contribution in [2.75, 3.05) is 0 Å². The van der Waals surface area contributed by atoms with Crippen molar-refractivity contribution in [3.05, 3.63) is 212 Å². The fourth-order valence-electron chi connectivity index (χ4n) is 8.44. The molecule has 0 bridgehead atoms. The smallest absolute Gasteiger partial charge is 0.211 e. The summed E-state index contributed by atoms with van der Waals surface area (Å²) in [5.74, 6) is 0.686. The Balaban J connectivity index is 0.986. The Morgan fingerprint density at radius 1 is 0.362 bits per heavy atom. The maximum absolute atomic E-state index is 8.37. The van der Waals surface area contributed by atoms with Gasteiger partial charge in [-0.05, 0) is 65.7 Å². The molecule has 5 heteroatoms. The third kappa shape index (κ3) is 5.47. The molecule has 8 aromatic carbocycles. The maximum atomic E-state index is 8.37. The second-order valence-corrected chi connectivity index (χ2v) is 14.5. The zero-order valence-corrected chi connectivity index (χ0v) is 31.3. The van der Waals surface area contributed by atoms with Gasteiger partial charge in [-0.1, -0.05) is 146 Å². The fraction of sp³-hybridized carbons (Fsp3) is 0. The minimum absolute atomic E-state index is 0.589. The molecule has 0 N–H and O–H groups in total. The van der Waals surface area contributed by atoms with Gasteiger partial charge in [0.15, 0.2) is 5.82 Å². The number of fused-ring (bicyclic) bond motifs is 6. The van der Waals surface area contributed by atoms with Crippen LogP contribution in [0, 0.1) is 6.57 Å². The van der Waals surface area contributed by atoms with Crippen molar-refractivity contribution >= 4 is 49.3 Å². The van der Waals surface area contributed by atoms with Gasteiger partial charge in [0, 0.05) is 43.9 Å². The van der Waals surface area contributed by atoms with Crippen molar-refractivity contribution in [3.8, 4) is 56.4 Å². The summed E-state index contributed by atoms with van der Waals surface area (Å²) in [5.41, 5.74) is 13.8. The Kier molecular flexibility index (Phi) is 7.80. The van der Waals surface area contributed by atoms with E-state index < -0.39 is 0 Å². The van der Waals surface area contributed by atoms with Crippen molar-refractivity contribution in [2.24, 2.45) is 0 Å². The van der Waals surface area contributed by atoms with Crippen molar-refractivity contribution in [1.29, 1.82) is 0 Å². The van der Waals surface area contributed by atoms with Crippen LogP contribution in [0.4, 0.5) is 5.69 Å². The van der Waals surface area contributed by atoms with Gasteiger partial charge in [0.05, 0.1) is 45.7 Å². The van der Waals surface area contributed by atoms with Crippen LogP contribution in [0.5, 0.6) is 0 Å². The van der Waals surface area contributed by atoms with E-state index >= 15 is 0 Å². The Hall–Kier alpha value is -8.07. The first-order valence-electron chi connectivity index (χ1n) is 19.4. The molecule has 0 amide bonds. The summed E-state index contributed by atoms with van der Waals surface area (Å²) in [5, 5.41) is 4.76. The highest BCUT2D eigenvalue weighted by Gasteiger charge is 2.18. The third-order valence-electron chi connectivity index (χ3n) is 11.2. The molecule has 11 aromatic rings. The highest BCUT2D eigenvalue weighted by atomic mass is 15.0. The molecule has 11 rings (SSSR count). The highest BCUT2D eigenvalue weighted by Crippen LogP contribution is 2.40. The van der Waals surface area contributed by atoms with Crippen LogP contribution in [0.3, 0.4) is 0 Å². The maximum Gasteiger partial charge on any atom is 0.211 e. The molecule has 270 valence electrons. The first kappa shape index (κ1) is 33.3. The first-order chi connectivity index (χ1) is 28.7. The standard InChI is InChI=1S/C53H33N5/c1-54-47-32-39(35-24-26-37(27-25-35)46-34-45(36-14-4-2-5-15-36)55-53(56-46)38-16-6-3-7-17-38)28-30-52(47)58-50-23-13-10-20-43(50)44-33-40(29-31-51(44)58)57-48-21-11-8-18-41(48)42-19-9-12-22-49(42)57/h2-34H. The lowest BCUT2D eigenvalue weighted by molar-refractivity contribution is 1.17. The van der Waals surface area contributed by atoms with Gasteiger partial charge in [-0.25, -0.2) is 14.8 Å². The number of nitrogens with zero attached hydrogens (tertiary/aromatic N) is 5. The van der Waals surface area contributed by atoms with E-state index in [4.69, 9.17) is 16.5 Å². The summed E-state index contributed by atoms with van der Waals surface area (Å²) >= 11 is 0. The monoisotopic (exact) mass is 739 g/mol. The minimum atomic E-state index is 0.589. The van der Waals surface area contributed by atoms with E-state index in [0.717, 1.165) is 72.4 Å². The predicted molar refractivity (Wildman–Crippen MR) is 239 cm³/mol. The molecule has 0 atom stereocenters. The van der Waals surface area contributed by atoms with Crippen molar-refractivity contribution < 1.29 is 0 Å². The zero-order chi connectivity index (χ0) is 38.6. The molecule has 0 spiro atoms. The molecular weight excluding hydrogens is 707 g/mol. The van der Waals surface area contributed by atoms with Crippen LogP contribution < -0.4 is 0 Å². The van der Waals surface area contributed by atoms with E-state index in [9.17, 15) is 0 Å². The van der Waals surface area contributed by atoms with Gasteiger partial charge in [0.1, 0.15) is 0 Å². The molecule has 0 aliphatic rings. The topological polar surface area (TPSA) is 40.0 Å². The van der Waals surface area contributed by atoms with Crippen LogP contribution in [0.1, 0.15) is 0 Å². The number of rotatable bonds is 6. The summed E-state index contributed by atoms with van der Waals surface area (Å²) in [7, 11) is 0.